The number of amides is 1. The van der Waals surface area contributed by atoms with E-state index in [0.717, 1.165) is 31.9 Å². The van der Waals surface area contributed by atoms with Crippen LogP contribution in [0.1, 0.15) is 45.9 Å². The molecule has 0 radical (unpaired) electrons. The van der Waals surface area contributed by atoms with Crippen molar-refractivity contribution in [2.75, 3.05) is 0 Å². The Morgan fingerprint density at radius 3 is 2.70 bits per heavy atom. The van der Waals surface area contributed by atoms with Crippen LogP contribution in [0.15, 0.2) is 62.4 Å². The van der Waals surface area contributed by atoms with Crippen molar-refractivity contribution in [3.8, 4) is 0 Å². The molecule has 1 heterocycles. The van der Waals surface area contributed by atoms with Crippen molar-refractivity contribution in [2.45, 2.75) is 37.5 Å². The first-order valence-corrected chi connectivity index (χ1v) is 10.4. The van der Waals surface area contributed by atoms with E-state index >= 15 is 0 Å². The molecule has 4 nitrogen and oxygen atoms in total. The van der Waals surface area contributed by atoms with E-state index in [2.05, 4.69) is 26.4 Å². The van der Waals surface area contributed by atoms with E-state index in [1.807, 2.05) is 69.3 Å². The molecule has 0 saturated carbocycles. The molecule has 6 heteroatoms. The van der Waals surface area contributed by atoms with Gasteiger partial charge in [0.2, 0.25) is 0 Å². The molecule has 1 atom stereocenters. The highest BCUT2D eigenvalue weighted by Crippen LogP contribution is 2.29. The van der Waals surface area contributed by atoms with Gasteiger partial charge in [0.1, 0.15) is 5.76 Å². The molecule has 0 bridgehead atoms. The fourth-order valence-electron chi connectivity index (χ4n) is 2.77. The van der Waals surface area contributed by atoms with Crippen molar-refractivity contribution in [3.63, 3.8) is 0 Å². The predicted octanol–water partition coefficient (Wildman–Crippen LogP) is 5.84. The van der Waals surface area contributed by atoms with Crippen LogP contribution < -0.4 is 5.32 Å². The van der Waals surface area contributed by atoms with Gasteiger partial charge in [-0.05, 0) is 50.6 Å². The Morgan fingerprint density at radius 2 is 2.00 bits per heavy atom. The highest BCUT2D eigenvalue weighted by molar-refractivity contribution is 9.10. The lowest BCUT2D eigenvalue weighted by atomic mass is 10.1. The van der Waals surface area contributed by atoms with Crippen LogP contribution in [0.3, 0.4) is 0 Å². The Bertz CT molecular complexity index is 935. The maximum Gasteiger partial charge on any atom is 0.252 e. The number of nitrogens with one attached hydrogen (secondary N) is 1. The second kappa shape index (κ2) is 8.76. The van der Waals surface area contributed by atoms with E-state index in [0.29, 0.717) is 11.3 Å². The third kappa shape index (κ3) is 4.82. The van der Waals surface area contributed by atoms with Crippen molar-refractivity contribution in [1.82, 2.24) is 10.5 Å². The molecule has 0 saturated heterocycles. The van der Waals surface area contributed by atoms with Crippen molar-refractivity contribution in [1.29, 1.82) is 0 Å². The second-order valence-corrected chi connectivity index (χ2v) is 8.27. The number of thioether (sulfide) groups is 1. The van der Waals surface area contributed by atoms with Gasteiger partial charge in [-0.25, -0.2) is 0 Å². The Kier molecular flexibility index (Phi) is 6.39. The SMILES string of the molecule is Cc1noc(C)c1CSc1ccccc1C(=O)NC(C)c1cccc(Br)c1. The third-order valence-electron chi connectivity index (χ3n) is 4.38. The van der Waals surface area contributed by atoms with Gasteiger partial charge in [-0.15, -0.1) is 11.8 Å². The quantitative estimate of drug-likeness (QED) is 0.485. The van der Waals surface area contributed by atoms with Crippen molar-refractivity contribution < 1.29 is 9.32 Å². The van der Waals surface area contributed by atoms with Gasteiger partial charge in [0.05, 0.1) is 17.3 Å². The number of aryl methyl sites for hydroxylation is 2. The average molecular weight is 445 g/mol. The molecule has 3 aromatic rings. The van der Waals surface area contributed by atoms with Crippen molar-refractivity contribution in [2.24, 2.45) is 0 Å². The van der Waals surface area contributed by atoms with E-state index in [1.54, 1.807) is 11.8 Å². The summed E-state index contributed by atoms with van der Waals surface area (Å²) in [5, 5.41) is 7.09. The number of rotatable bonds is 6. The van der Waals surface area contributed by atoms with E-state index in [-0.39, 0.29) is 11.9 Å². The minimum absolute atomic E-state index is 0.0793. The van der Waals surface area contributed by atoms with E-state index < -0.39 is 0 Å². The molecule has 1 amide bonds. The molecule has 27 heavy (non-hydrogen) atoms. The molecule has 0 fully saturated rings. The lowest BCUT2D eigenvalue weighted by molar-refractivity contribution is 0.0937. The van der Waals surface area contributed by atoms with Gasteiger partial charge in [-0.2, -0.15) is 0 Å². The molecule has 1 aromatic heterocycles. The van der Waals surface area contributed by atoms with Crippen LogP contribution in [-0.2, 0) is 5.75 Å². The Hall–Kier alpha value is -2.05. The summed E-state index contributed by atoms with van der Waals surface area (Å²) < 4.78 is 6.22. The van der Waals surface area contributed by atoms with Crippen LogP contribution in [0.4, 0.5) is 0 Å². The number of nitrogens with zero attached hydrogens (tertiary/aromatic N) is 1. The zero-order valence-electron chi connectivity index (χ0n) is 15.5. The number of hydrogen-bond donors (Lipinski definition) is 1. The van der Waals surface area contributed by atoms with Gasteiger partial charge >= 0.3 is 0 Å². The second-order valence-electron chi connectivity index (χ2n) is 6.34. The number of carbonyl (C=O) groups is 1. The topological polar surface area (TPSA) is 55.1 Å². The minimum Gasteiger partial charge on any atom is -0.361 e. The Labute approximate surface area is 171 Å². The normalized spacial score (nSPS) is 12.0. The van der Waals surface area contributed by atoms with Crippen molar-refractivity contribution >= 4 is 33.6 Å². The van der Waals surface area contributed by atoms with Crippen LogP contribution in [0.5, 0.6) is 0 Å². The fraction of sp³-hybridized carbons (Fsp3) is 0.238. The molecular formula is C21H21BrN2O2S. The lowest BCUT2D eigenvalue weighted by Gasteiger charge is -2.16. The summed E-state index contributed by atoms with van der Waals surface area (Å²) in [6, 6.07) is 15.5. The minimum atomic E-state index is -0.0874. The van der Waals surface area contributed by atoms with Crippen LogP contribution in [0, 0.1) is 13.8 Å². The predicted molar refractivity (Wildman–Crippen MR) is 112 cm³/mol. The van der Waals surface area contributed by atoms with Crippen molar-refractivity contribution in [3.05, 3.63) is 81.1 Å². The molecule has 0 aliphatic rings. The molecule has 2 aromatic carbocycles. The maximum absolute atomic E-state index is 12.9. The monoisotopic (exact) mass is 444 g/mol. The highest BCUT2D eigenvalue weighted by Gasteiger charge is 2.16. The summed E-state index contributed by atoms with van der Waals surface area (Å²) in [5.41, 5.74) is 3.71. The molecule has 1 N–H and O–H groups in total. The number of benzene rings is 2. The summed E-state index contributed by atoms with van der Waals surface area (Å²) in [5.74, 6) is 1.46. The standard InChI is InChI=1S/C21H21BrN2O2S/c1-13(16-7-6-8-17(22)11-16)23-21(25)18-9-4-5-10-20(18)27-12-19-14(2)24-26-15(19)3/h4-11,13H,12H2,1-3H3,(H,23,25). The third-order valence-corrected chi connectivity index (χ3v) is 5.97. The first-order valence-electron chi connectivity index (χ1n) is 8.65. The number of carbonyl (C=O) groups excluding carboxylic acids is 1. The summed E-state index contributed by atoms with van der Waals surface area (Å²) in [7, 11) is 0. The fourth-order valence-corrected chi connectivity index (χ4v) is 4.39. The Morgan fingerprint density at radius 1 is 1.22 bits per heavy atom. The summed E-state index contributed by atoms with van der Waals surface area (Å²) >= 11 is 5.09. The van der Waals surface area contributed by atoms with Crippen LogP contribution in [0.25, 0.3) is 0 Å². The molecule has 0 spiro atoms. The average Bonchev–Trinajstić information content (AvgIpc) is 2.98. The number of hydrogen-bond acceptors (Lipinski definition) is 4. The molecule has 0 aliphatic carbocycles. The summed E-state index contributed by atoms with van der Waals surface area (Å²) in [6.07, 6.45) is 0. The van der Waals surface area contributed by atoms with Crippen LogP contribution in [-0.4, -0.2) is 11.1 Å². The maximum atomic E-state index is 12.9. The molecule has 0 aliphatic heterocycles. The van der Waals surface area contributed by atoms with Gasteiger partial charge < -0.3 is 9.84 Å². The lowest BCUT2D eigenvalue weighted by Crippen LogP contribution is -2.27. The molecule has 1 unspecified atom stereocenters. The van der Waals surface area contributed by atoms with Gasteiger partial charge in [-0.3, -0.25) is 4.79 Å². The van der Waals surface area contributed by atoms with Gasteiger partial charge in [0.25, 0.3) is 5.91 Å². The number of aromatic nitrogens is 1. The van der Waals surface area contributed by atoms with Gasteiger partial charge in [-0.1, -0.05) is 45.4 Å². The zero-order chi connectivity index (χ0) is 19.4. The van der Waals surface area contributed by atoms with Crippen LogP contribution >= 0.6 is 27.7 Å². The smallest absolute Gasteiger partial charge is 0.252 e. The van der Waals surface area contributed by atoms with E-state index in [4.69, 9.17) is 4.52 Å². The summed E-state index contributed by atoms with van der Waals surface area (Å²) in [4.78, 5) is 13.8. The van der Waals surface area contributed by atoms with Gasteiger partial charge in [0, 0.05) is 20.7 Å². The molecule has 140 valence electrons. The zero-order valence-corrected chi connectivity index (χ0v) is 17.9. The first kappa shape index (κ1) is 19.7. The van der Waals surface area contributed by atoms with Gasteiger partial charge in [0.15, 0.2) is 0 Å². The molecule has 3 rings (SSSR count). The van der Waals surface area contributed by atoms with E-state index in [1.165, 1.54) is 0 Å². The largest absolute Gasteiger partial charge is 0.361 e. The number of halogens is 1. The molecular weight excluding hydrogens is 424 g/mol. The van der Waals surface area contributed by atoms with Crippen LogP contribution in [0.2, 0.25) is 0 Å². The van der Waals surface area contributed by atoms with E-state index in [9.17, 15) is 4.79 Å². The first-order chi connectivity index (χ1) is 13.0. The highest BCUT2D eigenvalue weighted by atomic mass is 79.9. The Balaban J connectivity index is 1.73. The summed E-state index contributed by atoms with van der Waals surface area (Å²) in [6.45, 7) is 5.83.